The molecule has 0 saturated heterocycles. The van der Waals surface area contributed by atoms with E-state index in [-0.39, 0.29) is 6.61 Å². The minimum absolute atomic E-state index is 0.0378. The number of carboxylic acids is 1. The molecule has 1 N–H and O–H groups in total. The summed E-state index contributed by atoms with van der Waals surface area (Å²) in [5.41, 5.74) is 0. The second-order valence-corrected chi connectivity index (χ2v) is 5.37. The molecule has 8 heteroatoms. The number of aliphatic carboxylic acids is 1. The van der Waals surface area contributed by atoms with Gasteiger partial charge in [-0.2, -0.15) is 0 Å². The van der Waals surface area contributed by atoms with Gasteiger partial charge in [0.15, 0.2) is 6.61 Å². The standard InChI is InChI=1S/C7H16NO6P/c1-8(2,3)4-5-13-15(11,12)14-6-7(9)10/h4-6H2,1-3H3,(H-,9,10,11,12). The van der Waals surface area contributed by atoms with E-state index in [1.54, 1.807) is 0 Å². The topological polar surface area (TPSA) is 95.9 Å². The first-order valence-corrected chi connectivity index (χ1v) is 5.71. The van der Waals surface area contributed by atoms with Crippen LogP contribution < -0.4 is 4.89 Å². The molecule has 7 nitrogen and oxygen atoms in total. The van der Waals surface area contributed by atoms with Crippen LogP contribution >= 0.6 is 7.82 Å². The molecule has 90 valence electrons. The van der Waals surface area contributed by atoms with Crippen LogP contribution in [0.25, 0.3) is 0 Å². The van der Waals surface area contributed by atoms with Crippen LogP contribution in [-0.2, 0) is 18.4 Å². The van der Waals surface area contributed by atoms with Crippen molar-refractivity contribution >= 4 is 13.8 Å². The maximum absolute atomic E-state index is 10.9. The Labute approximate surface area is 88.4 Å². The number of phosphoric acid groups is 1. The number of carbonyl (C=O) groups is 1. The molecule has 0 rings (SSSR count). The van der Waals surface area contributed by atoms with E-state index < -0.39 is 20.4 Å². The molecule has 0 amide bonds. The minimum atomic E-state index is -4.47. The summed E-state index contributed by atoms with van der Waals surface area (Å²) >= 11 is 0. The van der Waals surface area contributed by atoms with E-state index in [0.717, 1.165) is 0 Å². The molecule has 0 aliphatic rings. The van der Waals surface area contributed by atoms with Crippen LogP contribution in [0.15, 0.2) is 0 Å². The number of phosphoric ester groups is 1. The van der Waals surface area contributed by atoms with Crippen molar-refractivity contribution in [3.05, 3.63) is 0 Å². The molecule has 0 aromatic heterocycles. The van der Waals surface area contributed by atoms with Crippen LogP contribution in [0.1, 0.15) is 0 Å². The smallest absolute Gasteiger partial charge is 0.330 e. The minimum Gasteiger partial charge on any atom is -0.756 e. The summed E-state index contributed by atoms with van der Waals surface area (Å²) in [5.74, 6) is -1.36. The maximum atomic E-state index is 10.9. The van der Waals surface area contributed by atoms with Crippen LogP contribution in [0.2, 0.25) is 0 Å². The van der Waals surface area contributed by atoms with Gasteiger partial charge in [0, 0.05) is 0 Å². The second-order valence-electron chi connectivity index (χ2n) is 3.96. The Bertz CT molecular complexity index is 261. The van der Waals surface area contributed by atoms with E-state index in [9.17, 15) is 14.3 Å². The summed E-state index contributed by atoms with van der Waals surface area (Å²) in [4.78, 5) is 21.0. The fourth-order valence-electron chi connectivity index (χ4n) is 0.598. The molecule has 0 heterocycles. The van der Waals surface area contributed by atoms with Crippen molar-refractivity contribution in [2.75, 3.05) is 40.9 Å². The van der Waals surface area contributed by atoms with Gasteiger partial charge in [-0.15, -0.1) is 0 Å². The molecule has 1 unspecified atom stereocenters. The van der Waals surface area contributed by atoms with E-state index in [2.05, 4.69) is 9.05 Å². The summed E-state index contributed by atoms with van der Waals surface area (Å²) in [6.45, 7) is -0.474. The quantitative estimate of drug-likeness (QED) is 0.466. The molecule has 0 spiro atoms. The van der Waals surface area contributed by atoms with E-state index in [1.807, 2.05) is 21.1 Å². The maximum Gasteiger partial charge on any atom is 0.330 e. The average Bonchev–Trinajstić information content (AvgIpc) is 1.98. The number of rotatable bonds is 7. The highest BCUT2D eigenvalue weighted by atomic mass is 31.2. The van der Waals surface area contributed by atoms with Gasteiger partial charge in [-0.05, 0) is 0 Å². The van der Waals surface area contributed by atoms with Crippen LogP contribution in [0.4, 0.5) is 0 Å². The Morgan fingerprint density at radius 1 is 1.40 bits per heavy atom. The lowest BCUT2D eigenvalue weighted by Crippen LogP contribution is -2.37. The predicted molar refractivity (Wildman–Crippen MR) is 50.0 cm³/mol. The first-order chi connectivity index (χ1) is 6.62. The van der Waals surface area contributed by atoms with Crippen molar-refractivity contribution in [2.45, 2.75) is 0 Å². The molecular formula is C7H16NO6P. The number of likely N-dealkylation sites (N-methyl/N-ethyl adjacent to an activating group) is 1. The first kappa shape index (κ1) is 14.5. The highest BCUT2D eigenvalue weighted by Crippen LogP contribution is 2.37. The number of quaternary nitrogens is 1. The van der Waals surface area contributed by atoms with Gasteiger partial charge in [0.05, 0.1) is 21.1 Å². The lowest BCUT2D eigenvalue weighted by atomic mass is 10.5. The van der Waals surface area contributed by atoms with Gasteiger partial charge in [0.2, 0.25) is 0 Å². The van der Waals surface area contributed by atoms with Gasteiger partial charge in [-0.3, -0.25) is 4.57 Å². The van der Waals surface area contributed by atoms with Gasteiger partial charge in [0.25, 0.3) is 7.82 Å². The largest absolute Gasteiger partial charge is 0.756 e. The third-order valence-electron chi connectivity index (χ3n) is 1.36. The van der Waals surface area contributed by atoms with Crippen LogP contribution in [0, 0.1) is 0 Å². The molecule has 15 heavy (non-hydrogen) atoms. The molecule has 0 aromatic carbocycles. The zero-order valence-electron chi connectivity index (χ0n) is 9.00. The number of nitrogens with zero attached hydrogens (tertiary/aromatic N) is 1. The lowest BCUT2D eigenvalue weighted by molar-refractivity contribution is -0.870. The van der Waals surface area contributed by atoms with Crippen molar-refractivity contribution < 1.29 is 32.9 Å². The van der Waals surface area contributed by atoms with Gasteiger partial charge < -0.3 is 23.5 Å². The zero-order chi connectivity index (χ0) is 12.1. The Kier molecular flexibility index (Phi) is 5.41. The first-order valence-electron chi connectivity index (χ1n) is 4.25. The molecule has 0 fully saturated rings. The molecule has 0 aliphatic heterocycles. The van der Waals surface area contributed by atoms with Gasteiger partial charge in [0.1, 0.15) is 13.2 Å². The average molecular weight is 241 g/mol. The van der Waals surface area contributed by atoms with Crippen molar-refractivity contribution in [1.82, 2.24) is 0 Å². The van der Waals surface area contributed by atoms with Crippen molar-refractivity contribution in [3.8, 4) is 0 Å². The van der Waals surface area contributed by atoms with E-state index in [1.165, 1.54) is 0 Å². The molecule has 0 saturated carbocycles. The SMILES string of the molecule is C[N+](C)(C)CCOP(=O)([O-])OCC(=O)O. The fraction of sp³-hybridized carbons (Fsp3) is 0.857. The van der Waals surface area contributed by atoms with Crippen molar-refractivity contribution in [3.63, 3.8) is 0 Å². The van der Waals surface area contributed by atoms with Gasteiger partial charge in [-0.1, -0.05) is 0 Å². The predicted octanol–water partition coefficient (Wildman–Crippen LogP) is -0.721. The molecular weight excluding hydrogens is 225 g/mol. The third kappa shape index (κ3) is 9.84. The second kappa shape index (κ2) is 5.58. The highest BCUT2D eigenvalue weighted by molar-refractivity contribution is 7.45. The highest BCUT2D eigenvalue weighted by Gasteiger charge is 2.14. The summed E-state index contributed by atoms with van der Waals surface area (Å²) in [5, 5.41) is 8.19. The van der Waals surface area contributed by atoms with E-state index >= 15 is 0 Å². The van der Waals surface area contributed by atoms with Crippen LogP contribution in [0.5, 0.6) is 0 Å². The van der Waals surface area contributed by atoms with Crippen LogP contribution in [0.3, 0.4) is 0 Å². The zero-order valence-corrected chi connectivity index (χ0v) is 9.90. The number of hydrogen-bond acceptors (Lipinski definition) is 5. The third-order valence-corrected chi connectivity index (χ3v) is 2.30. The Morgan fingerprint density at radius 3 is 2.33 bits per heavy atom. The number of carboxylic acid groups (broad SMARTS) is 1. The molecule has 0 aliphatic carbocycles. The van der Waals surface area contributed by atoms with E-state index in [0.29, 0.717) is 11.0 Å². The lowest BCUT2D eigenvalue weighted by Gasteiger charge is -2.26. The Balaban J connectivity index is 3.84. The van der Waals surface area contributed by atoms with Crippen molar-refractivity contribution in [1.29, 1.82) is 0 Å². The normalized spacial score (nSPS) is 16.0. The number of hydrogen-bond donors (Lipinski definition) is 1. The molecule has 0 aromatic rings. The summed E-state index contributed by atoms with van der Waals surface area (Å²) in [7, 11) is 1.14. The van der Waals surface area contributed by atoms with E-state index in [4.69, 9.17) is 5.11 Å². The Morgan fingerprint density at radius 2 is 1.93 bits per heavy atom. The fourth-order valence-corrected chi connectivity index (χ4v) is 1.25. The van der Waals surface area contributed by atoms with Crippen LogP contribution in [-0.4, -0.2) is 56.5 Å². The Hall–Kier alpha value is -0.460. The summed E-state index contributed by atoms with van der Waals surface area (Å²) in [6, 6.07) is 0. The molecule has 0 radical (unpaired) electrons. The monoisotopic (exact) mass is 241 g/mol. The van der Waals surface area contributed by atoms with Gasteiger partial charge in [-0.25, -0.2) is 4.79 Å². The summed E-state index contributed by atoms with van der Waals surface area (Å²) < 4.78 is 20.0. The summed E-state index contributed by atoms with van der Waals surface area (Å²) in [6.07, 6.45) is 0. The molecule has 0 bridgehead atoms. The van der Waals surface area contributed by atoms with Gasteiger partial charge >= 0.3 is 5.97 Å². The molecule has 1 atom stereocenters. The van der Waals surface area contributed by atoms with Crippen molar-refractivity contribution in [2.24, 2.45) is 0 Å².